The molecule has 0 aromatic carbocycles. The van der Waals surface area contributed by atoms with Gasteiger partial charge in [0.1, 0.15) is 0 Å². The molecule has 0 radical (unpaired) electrons. The molecule has 1 heterocycles. The molecule has 0 spiro atoms. The molecule has 0 bridgehead atoms. The highest BCUT2D eigenvalue weighted by atomic mass is 16.3. The fourth-order valence-corrected chi connectivity index (χ4v) is 1.29. The van der Waals surface area contributed by atoms with Crippen molar-refractivity contribution in [1.29, 1.82) is 0 Å². The van der Waals surface area contributed by atoms with Gasteiger partial charge in [0, 0.05) is 0 Å². The van der Waals surface area contributed by atoms with E-state index in [1.165, 1.54) is 6.42 Å². The normalized spacial score (nSPS) is 24.1. The van der Waals surface area contributed by atoms with Crippen LogP contribution in [0.3, 0.4) is 0 Å². The Morgan fingerprint density at radius 3 is 2.91 bits per heavy atom. The molecule has 1 atom stereocenters. The lowest BCUT2D eigenvalue weighted by atomic mass is 10.3. The highest BCUT2D eigenvalue weighted by molar-refractivity contribution is 5.50. The quantitative estimate of drug-likeness (QED) is 0.588. The number of β-amino-alcohol motifs (C(OH)–C–C–N with tert-alkyl or cyclic N) is 1. The Morgan fingerprint density at radius 1 is 1.73 bits per heavy atom. The number of unbranched alkanes of at least 4 members (excludes halogenated alkanes) is 1. The van der Waals surface area contributed by atoms with Gasteiger partial charge in [-0.1, -0.05) is 13.3 Å². The minimum Gasteiger partial charge on any atom is -0.352 e. The van der Waals surface area contributed by atoms with Gasteiger partial charge in [-0.05, 0) is 6.42 Å². The van der Waals surface area contributed by atoms with Gasteiger partial charge >= 0.3 is 0 Å². The second kappa shape index (κ2) is 3.72. The van der Waals surface area contributed by atoms with Crippen molar-refractivity contribution in [3.63, 3.8) is 0 Å². The summed E-state index contributed by atoms with van der Waals surface area (Å²) in [6.07, 6.45) is 4.04. The lowest BCUT2D eigenvalue weighted by molar-refractivity contribution is -0.491. The molecule has 11 heavy (non-hydrogen) atoms. The van der Waals surface area contributed by atoms with Crippen molar-refractivity contribution in [2.45, 2.75) is 26.0 Å². The van der Waals surface area contributed by atoms with E-state index in [9.17, 15) is 5.11 Å². The molecule has 1 N–H and O–H groups in total. The summed E-state index contributed by atoms with van der Waals surface area (Å²) in [6, 6.07) is 0. The summed E-state index contributed by atoms with van der Waals surface area (Å²) >= 11 is 0. The Hall–Kier alpha value is -0.570. The van der Waals surface area contributed by atoms with Gasteiger partial charge < -0.3 is 5.11 Å². The Labute approximate surface area is 67.9 Å². The van der Waals surface area contributed by atoms with Crippen molar-refractivity contribution >= 4 is 6.34 Å². The molecule has 0 saturated heterocycles. The zero-order chi connectivity index (χ0) is 8.27. The molecule has 0 aromatic heterocycles. The summed E-state index contributed by atoms with van der Waals surface area (Å²) in [5.41, 5.74) is 0. The van der Waals surface area contributed by atoms with Crippen LogP contribution in [0.1, 0.15) is 19.8 Å². The van der Waals surface area contributed by atoms with Crippen LogP contribution < -0.4 is 0 Å². The fourth-order valence-electron chi connectivity index (χ4n) is 1.29. The Bertz CT molecular complexity index is 156. The molecule has 1 aliphatic heterocycles. The van der Waals surface area contributed by atoms with Crippen molar-refractivity contribution in [3.8, 4) is 0 Å². The van der Waals surface area contributed by atoms with E-state index in [1.54, 1.807) is 0 Å². The second-order valence-electron chi connectivity index (χ2n) is 3.13. The van der Waals surface area contributed by atoms with Gasteiger partial charge in [-0.25, -0.2) is 4.90 Å². The zero-order valence-corrected chi connectivity index (χ0v) is 7.32. The first-order valence-corrected chi connectivity index (χ1v) is 4.23. The summed E-state index contributed by atoms with van der Waals surface area (Å²) < 4.78 is 2.01. The first-order valence-electron chi connectivity index (χ1n) is 4.23. The molecule has 3 heteroatoms. The predicted octanol–water partition coefficient (Wildman–Crippen LogP) is 0.0911. The van der Waals surface area contributed by atoms with Crippen LogP contribution in [-0.2, 0) is 0 Å². The van der Waals surface area contributed by atoms with E-state index in [0.29, 0.717) is 0 Å². The largest absolute Gasteiger partial charge is 0.352 e. The van der Waals surface area contributed by atoms with E-state index in [4.69, 9.17) is 0 Å². The number of hydrogen-bond acceptors (Lipinski definition) is 2. The minimum atomic E-state index is -0.286. The van der Waals surface area contributed by atoms with Crippen LogP contribution in [0.5, 0.6) is 0 Å². The minimum absolute atomic E-state index is 0.286. The number of nitrogens with zero attached hydrogens (tertiary/aromatic N) is 2. The molecule has 0 fully saturated rings. The van der Waals surface area contributed by atoms with Gasteiger partial charge in [-0.3, -0.25) is 4.58 Å². The van der Waals surface area contributed by atoms with Crippen LogP contribution in [0.15, 0.2) is 0 Å². The average Bonchev–Trinajstić information content (AvgIpc) is 2.26. The lowest BCUT2D eigenvalue weighted by Gasteiger charge is -2.10. The van der Waals surface area contributed by atoms with E-state index < -0.39 is 0 Å². The third-order valence-electron chi connectivity index (χ3n) is 1.95. The van der Waals surface area contributed by atoms with Crippen molar-refractivity contribution in [2.24, 2.45) is 0 Å². The predicted molar refractivity (Wildman–Crippen MR) is 44.7 cm³/mol. The second-order valence-corrected chi connectivity index (χ2v) is 3.13. The van der Waals surface area contributed by atoms with E-state index >= 15 is 0 Å². The SMILES string of the molecule is CCCCN1C=[N+](C)CC1O. The summed E-state index contributed by atoms with van der Waals surface area (Å²) in [7, 11) is 1.98. The Morgan fingerprint density at radius 2 is 2.45 bits per heavy atom. The molecule has 1 aliphatic rings. The van der Waals surface area contributed by atoms with Gasteiger partial charge in [-0.15, -0.1) is 0 Å². The standard InChI is InChI=1S/C8H17N2O/c1-3-4-5-10-7-9(2)6-8(10)11/h7-8,11H,3-6H2,1-2H3/q+1. The molecule has 0 aromatic rings. The zero-order valence-electron chi connectivity index (χ0n) is 7.32. The summed E-state index contributed by atoms with van der Waals surface area (Å²) in [5.74, 6) is 0. The van der Waals surface area contributed by atoms with Gasteiger partial charge in [0.05, 0.1) is 13.6 Å². The van der Waals surface area contributed by atoms with Gasteiger partial charge in [0.15, 0.2) is 6.54 Å². The molecule has 64 valence electrons. The molecule has 0 aliphatic carbocycles. The average molecular weight is 157 g/mol. The van der Waals surface area contributed by atoms with Gasteiger partial charge in [0.2, 0.25) is 12.6 Å². The number of rotatable bonds is 3. The van der Waals surface area contributed by atoms with Crippen molar-refractivity contribution < 1.29 is 9.68 Å². The molecular formula is C8H17N2O+. The number of hydrogen-bond donors (Lipinski definition) is 1. The summed E-state index contributed by atoms with van der Waals surface area (Å²) in [6.45, 7) is 3.87. The first-order chi connectivity index (χ1) is 5.24. The molecular weight excluding hydrogens is 140 g/mol. The van der Waals surface area contributed by atoms with Crippen LogP contribution in [0.25, 0.3) is 0 Å². The topological polar surface area (TPSA) is 26.5 Å². The van der Waals surface area contributed by atoms with Crippen LogP contribution >= 0.6 is 0 Å². The number of aliphatic hydroxyl groups is 1. The molecule has 1 rings (SSSR count). The van der Waals surface area contributed by atoms with Crippen LogP contribution in [0.4, 0.5) is 0 Å². The van der Waals surface area contributed by atoms with Crippen LogP contribution in [0, 0.1) is 0 Å². The smallest absolute Gasteiger partial charge is 0.236 e. The molecule has 0 saturated carbocycles. The summed E-state index contributed by atoms with van der Waals surface area (Å²) in [4.78, 5) is 1.99. The summed E-state index contributed by atoms with van der Waals surface area (Å²) in [5, 5.41) is 9.44. The Kier molecular flexibility index (Phi) is 2.88. The molecule has 1 unspecified atom stereocenters. The monoisotopic (exact) mass is 157 g/mol. The fraction of sp³-hybridized carbons (Fsp3) is 0.875. The van der Waals surface area contributed by atoms with Crippen molar-refractivity contribution in [3.05, 3.63) is 0 Å². The molecule has 0 amide bonds. The third-order valence-corrected chi connectivity index (χ3v) is 1.95. The maximum atomic E-state index is 9.44. The number of aliphatic hydroxyl groups excluding tert-OH is 1. The van der Waals surface area contributed by atoms with E-state index in [0.717, 1.165) is 19.5 Å². The van der Waals surface area contributed by atoms with Crippen molar-refractivity contribution in [2.75, 3.05) is 20.1 Å². The van der Waals surface area contributed by atoms with E-state index in [-0.39, 0.29) is 6.23 Å². The Balaban J connectivity index is 2.33. The van der Waals surface area contributed by atoms with E-state index in [2.05, 4.69) is 6.92 Å². The van der Waals surface area contributed by atoms with E-state index in [1.807, 2.05) is 22.9 Å². The third kappa shape index (κ3) is 2.19. The first kappa shape index (κ1) is 8.53. The highest BCUT2D eigenvalue weighted by Gasteiger charge is 2.26. The highest BCUT2D eigenvalue weighted by Crippen LogP contribution is 2.02. The lowest BCUT2D eigenvalue weighted by Crippen LogP contribution is -2.31. The number of likely N-dealkylation sites (N-methyl/N-ethyl adjacent to an activating group) is 1. The molecule has 3 nitrogen and oxygen atoms in total. The van der Waals surface area contributed by atoms with Crippen LogP contribution in [-0.4, -0.2) is 47.3 Å². The van der Waals surface area contributed by atoms with Crippen molar-refractivity contribution in [1.82, 2.24) is 4.90 Å². The maximum Gasteiger partial charge on any atom is 0.236 e. The van der Waals surface area contributed by atoms with Gasteiger partial charge in [0.25, 0.3) is 0 Å². The van der Waals surface area contributed by atoms with Gasteiger partial charge in [-0.2, -0.15) is 0 Å². The van der Waals surface area contributed by atoms with Crippen LogP contribution in [0.2, 0.25) is 0 Å². The maximum absolute atomic E-state index is 9.44.